The summed E-state index contributed by atoms with van der Waals surface area (Å²) in [5, 5.41) is 10.9. The average Bonchev–Trinajstić information content (AvgIpc) is 3.63. The molecule has 0 radical (unpaired) electrons. The molecule has 0 bridgehead atoms. The first-order chi connectivity index (χ1) is 27.7. The standard InChI is InChI=1S/C41H46ClF3N8O5/c1-50(16-12-25-13-17-51(18-14-25)39(56)27-8-11-30(42)34(21-27)52-19-15-37(54)48-40(52)57)23-26-6-9-29(10-7-26)53-24-28-20-33(35(58-2)22-32(28)49-53)47-38(55)31-4-3-5-36(46-31)41(43,44)45/h3-5,8,11,20-22,24-26,29H,6-7,9-10,12-19,23H2,1-2H3,(H,47,55)(H,48,54,57)/t26-,29-. The molecule has 0 spiro atoms. The van der Waals surface area contributed by atoms with Crippen LogP contribution in [0.2, 0.25) is 5.02 Å². The molecule has 2 aromatic carbocycles. The fourth-order valence-corrected chi connectivity index (χ4v) is 8.43. The number of urea groups is 1. The predicted octanol–water partition coefficient (Wildman–Crippen LogP) is 7.42. The summed E-state index contributed by atoms with van der Waals surface area (Å²) in [4.78, 5) is 59.5. The maximum atomic E-state index is 13.4. The second kappa shape index (κ2) is 17.3. The summed E-state index contributed by atoms with van der Waals surface area (Å²) in [5.74, 6) is 0.216. The zero-order valence-corrected chi connectivity index (χ0v) is 33.1. The van der Waals surface area contributed by atoms with Crippen molar-refractivity contribution in [3.05, 3.63) is 76.7 Å². The molecule has 0 unspecified atom stereocenters. The van der Waals surface area contributed by atoms with Crippen LogP contribution in [0.25, 0.3) is 10.9 Å². The van der Waals surface area contributed by atoms with Gasteiger partial charge in [-0.2, -0.15) is 18.3 Å². The number of hydrogen-bond acceptors (Lipinski definition) is 8. The third-order valence-electron chi connectivity index (χ3n) is 11.5. The third kappa shape index (κ3) is 9.39. The second-order valence-corrected chi connectivity index (χ2v) is 15.9. The molecule has 7 rings (SSSR count). The number of ether oxygens (including phenoxy) is 1. The number of likely N-dealkylation sites (tertiary alicyclic amines) is 1. The fourth-order valence-electron chi connectivity index (χ4n) is 8.21. The van der Waals surface area contributed by atoms with E-state index in [0.717, 1.165) is 75.6 Å². The predicted molar refractivity (Wildman–Crippen MR) is 212 cm³/mol. The first-order valence-electron chi connectivity index (χ1n) is 19.6. The van der Waals surface area contributed by atoms with E-state index >= 15 is 0 Å². The van der Waals surface area contributed by atoms with E-state index in [1.807, 2.05) is 15.8 Å². The largest absolute Gasteiger partial charge is 0.494 e. The third-order valence-corrected chi connectivity index (χ3v) is 11.8. The van der Waals surface area contributed by atoms with Crippen LogP contribution in [0.4, 0.5) is 29.3 Å². The Kier molecular flexibility index (Phi) is 12.2. The molecule has 2 aromatic heterocycles. The SMILES string of the molecule is COc1cc2nn([C@H]3CC[C@H](CN(C)CCC4CCN(C(=O)c5ccc(Cl)c(N6CCC(=O)NC6=O)c5)CC4)CC3)cc2cc1NC(=O)c1cccc(C(F)(F)F)n1. The number of rotatable bonds is 11. The van der Waals surface area contributed by atoms with E-state index in [0.29, 0.717) is 58.2 Å². The number of nitrogens with one attached hydrogen (secondary N) is 2. The number of carbonyl (C=O) groups excluding carboxylic acids is 4. The average molecular weight is 823 g/mol. The Labute approximate surface area is 338 Å². The van der Waals surface area contributed by atoms with Gasteiger partial charge < -0.3 is 19.9 Å². The molecule has 1 saturated carbocycles. The molecule has 17 heteroatoms. The van der Waals surface area contributed by atoms with E-state index in [4.69, 9.17) is 21.4 Å². The van der Waals surface area contributed by atoms with E-state index in [-0.39, 0.29) is 36.5 Å². The molecule has 308 valence electrons. The zero-order valence-electron chi connectivity index (χ0n) is 32.4. The number of carbonyl (C=O) groups is 4. The van der Waals surface area contributed by atoms with Crippen molar-refractivity contribution < 1.29 is 37.1 Å². The first kappa shape index (κ1) is 41.0. The highest BCUT2D eigenvalue weighted by molar-refractivity contribution is 6.34. The Morgan fingerprint density at radius 3 is 2.47 bits per heavy atom. The van der Waals surface area contributed by atoms with Crippen LogP contribution in [0, 0.1) is 11.8 Å². The van der Waals surface area contributed by atoms with Crippen LogP contribution in [-0.2, 0) is 11.0 Å². The molecule has 0 atom stereocenters. The summed E-state index contributed by atoms with van der Waals surface area (Å²) in [6, 6.07) is 11.2. The number of alkyl halides is 3. The van der Waals surface area contributed by atoms with Crippen LogP contribution >= 0.6 is 11.6 Å². The molecule has 5 amide bonds. The van der Waals surface area contributed by atoms with Crippen molar-refractivity contribution in [1.82, 2.24) is 29.9 Å². The first-order valence-corrected chi connectivity index (χ1v) is 19.9. The Hall–Kier alpha value is -5.22. The Bertz CT molecular complexity index is 2180. The smallest absolute Gasteiger partial charge is 0.433 e. The van der Waals surface area contributed by atoms with Crippen molar-refractivity contribution in [3.8, 4) is 5.75 Å². The number of hydrogen-bond donors (Lipinski definition) is 2. The monoisotopic (exact) mass is 822 g/mol. The minimum Gasteiger partial charge on any atom is -0.494 e. The van der Waals surface area contributed by atoms with Gasteiger partial charge in [0.15, 0.2) is 0 Å². The molecule has 13 nitrogen and oxygen atoms in total. The molecular formula is C41H46ClF3N8O5. The van der Waals surface area contributed by atoms with Gasteiger partial charge in [-0.1, -0.05) is 17.7 Å². The summed E-state index contributed by atoms with van der Waals surface area (Å²) in [5.41, 5.74) is 0.373. The highest BCUT2D eigenvalue weighted by Crippen LogP contribution is 2.36. The summed E-state index contributed by atoms with van der Waals surface area (Å²) in [6.07, 6.45) is 4.41. The molecule has 3 aliphatic rings. The molecule has 2 saturated heterocycles. The second-order valence-electron chi connectivity index (χ2n) is 15.5. The number of piperidine rings is 1. The molecule has 4 aromatic rings. The van der Waals surface area contributed by atoms with Crippen molar-refractivity contribution in [2.45, 2.75) is 63.6 Å². The molecule has 58 heavy (non-hydrogen) atoms. The topological polar surface area (TPSA) is 142 Å². The van der Waals surface area contributed by atoms with E-state index in [1.165, 1.54) is 18.1 Å². The van der Waals surface area contributed by atoms with E-state index in [9.17, 15) is 32.3 Å². The normalized spacial score (nSPS) is 19.4. The minimum atomic E-state index is -4.67. The van der Waals surface area contributed by atoms with Crippen molar-refractivity contribution in [2.75, 3.05) is 57.1 Å². The summed E-state index contributed by atoms with van der Waals surface area (Å²) < 4.78 is 46.9. The van der Waals surface area contributed by atoms with Crippen LogP contribution in [0.3, 0.4) is 0 Å². The van der Waals surface area contributed by atoms with E-state index in [1.54, 1.807) is 30.3 Å². The number of imide groups is 1. The van der Waals surface area contributed by atoms with Crippen LogP contribution in [0.1, 0.15) is 83.9 Å². The van der Waals surface area contributed by atoms with Gasteiger partial charge in [0.1, 0.15) is 17.1 Å². The lowest BCUT2D eigenvalue weighted by Gasteiger charge is -2.34. The minimum absolute atomic E-state index is 0.0935. The number of halogens is 4. The van der Waals surface area contributed by atoms with E-state index in [2.05, 4.69) is 27.6 Å². The maximum absolute atomic E-state index is 13.4. The van der Waals surface area contributed by atoms with Gasteiger partial charge in [0, 0.05) is 55.8 Å². The lowest BCUT2D eigenvalue weighted by Crippen LogP contribution is -2.49. The fraction of sp³-hybridized carbons (Fsp3) is 0.463. The lowest BCUT2D eigenvalue weighted by atomic mass is 9.85. The van der Waals surface area contributed by atoms with Gasteiger partial charge in [0.25, 0.3) is 11.8 Å². The number of methoxy groups -OCH3 is 1. The Morgan fingerprint density at radius 1 is 1.00 bits per heavy atom. The number of fused-ring (bicyclic) bond motifs is 1. The molecule has 2 aliphatic heterocycles. The van der Waals surface area contributed by atoms with Gasteiger partial charge >= 0.3 is 12.2 Å². The molecule has 1 aliphatic carbocycles. The number of anilines is 2. The van der Waals surface area contributed by atoms with Crippen molar-refractivity contribution in [3.63, 3.8) is 0 Å². The highest BCUT2D eigenvalue weighted by atomic mass is 35.5. The Morgan fingerprint density at radius 2 is 1.76 bits per heavy atom. The summed E-state index contributed by atoms with van der Waals surface area (Å²) in [6.45, 7) is 3.52. The molecule has 3 fully saturated rings. The molecule has 2 N–H and O–H groups in total. The van der Waals surface area contributed by atoms with Gasteiger partial charge in [-0.25, -0.2) is 9.78 Å². The zero-order chi connectivity index (χ0) is 41.1. The number of amides is 5. The lowest BCUT2D eigenvalue weighted by molar-refractivity contribution is -0.141. The van der Waals surface area contributed by atoms with Gasteiger partial charge in [0.2, 0.25) is 5.91 Å². The number of benzene rings is 2. The van der Waals surface area contributed by atoms with Crippen molar-refractivity contribution in [2.24, 2.45) is 11.8 Å². The van der Waals surface area contributed by atoms with Crippen molar-refractivity contribution >= 4 is 57.6 Å². The Balaban J connectivity index is 0.859. The number of nitrogens with zero attached hydrogens (tertiary/aromatic N) is 6. The van der Waals surface area contributed by atoms with Crippen LogP contribution in [0.5, 0.6) is 5.75 Å². The highest BCUT2D eigenvalue weighted by Gasteiger charge is 2.33. The van der Waals surface area contributed by atoms with Gasteiger partial charge in [-0.05, 0) is 107 Å². The van der Waals surface area contributed by atoms with E-state index < -0.39 is 23.8 Å². The summed E-state index contributed by atoms with van der Waals surface area (Å²) >= 11 is 6.38. The molecular weight excluding hydrogens is 777 g/mol. The molecule has 4 heterocycles. The van der Waals surface area contributed by atoms with Gasteiger partial charge in [-0.15, -0.1) is 0 Å². The van der Waals surface area contributed by atoms with Crippen LogP contribution < -0.4 is 20.3 Å². The van der Waals surface area contributed by atoms with Gasteiger partial charge in [-0.3, -0.25) is 29.3 Å². The van der Waals surface area contributed by atoms with Crippen LogP contribution in [-0.4, -0.2) is 95.2 Å². The summed E-state index contributed by atoms with van der Waals surface area (Å²) in [7, 11) is 3.63. The quantitative estimate of drug-likeness (QED) is 0.159. The number of pyridine rings is 1. The van der Waals surface area contributed by atoms with Crippen LogP contribution in [0.15, 0.2) is 54.7 Å². The van der Waals surface area contributed by atoms with Gasteiger partial charge in [0.05, 0.1) is 35.1 Å². The van der Waals surface area contributed by atoms with Crippen molar-refractivity contribution in [1.29, 1.82) is 0 Å². The maximum Gasteiger partial charge on any atom is 0.433 e. The number of aromatic nitrogens is 3.